The smallest absolute Gasteiger partial charge is 0.326 e. The van der Waals surface area contributed by atoms with Gasteiger partial charge in [0.05, 0.1) is 11.5 Å². The number of amides is 2. The highest BCUT2D eigenvalue weighted by Crippen LogP contribution is 2.11. The SMILES string of the molecule is NCC(=O)N[C@H](CCCCNC(=O)c1ccc([N+](=O)[O-])cc1)C(=O)O. The molecule has 0 aromatic heterocycles. The van der Waals surface area contributed by atoms with E-state index in [1.54, 1.807) is 0 Å². The number of nitro groups is 1. The van der Waals surface area contributed by atoms with Crippen molar-refractivity contribution in [1.82, 2.24) is 10.6 Å². The molecule has 10 nitrogen and oxygen atoms in total. The van der Waals surface area contributed by atoms with Crippen LogP contribution in [0.3, 0.4) is 0 Å². The second kappa shape index (κ2) is 9.98. The molecule has 0 unspecified atom stereocenters. The van der Waals surface area contributed by atoms with Crippen molar-refractivity contribution in [2.24, 2.45) is 5.73 Å². The van der Waals surface area contributed by atoms with Gasteiger partial charge in [-0.05, 0) is 31.4 Å². The lowest BCUT2D eigenvalue weighted by molar-refractivity contribution is -0.384. The Morgan fingerprint density at radius 1 is 1.20 bits per heavy atom. The summed E-state index contributed by atoms with van der Waals surface area (Å²) < 4.78 is 0. The fourth-order valence-corrected chi connectivity index (χ4v) is 2.02. The Bertz CT molecular complexity index is 631. The van der Waals surface area contributed by atoms with E-state index in [1.165, 1.54) is 24.3 Å². The Morgan fingerprint density at radius 3 is 2.36 bits per heavy atom. The van der Waals surface area contributed by atoms with Crippen molar-refractivity contribution in [3.05, 3.63) is 39.9 Å². The number of nitrogens with one attached hydrogen (secondary N) is 2. The first-order chi connectivity index (χ1) is 11.8. The molecule has 25 heavy (non-hydrogen) atoms. The number of hydrogen-bond acceptors (Lipinski definition) is 6. The Hall–Kier alpha value is -3.01. The van der Waals surface area contributed by atoms with E-state index in [9.17, 15) is 24.5 Å². The highest BCUT2D eigenvalue weighted by Gasteiger charge is 2.18. The van der Waals surface area contributed by atoms with E-state index in [1.807, 2.05) is 0 Å². The first-order valence-corrected chi connectivity index (χ1v) is 7.60. The third-order valence-electron chi connectivity index (χ3n) is 3.36. The number of benzene rings is 1. The Labute approximate surface area is 143 Å². The van der Waals surface area contributed by atoms with E-state index in [0.717, 1.165) is 0 Å². The Balaban J connectivity index is 2.34. The molecular formula is C15H20N4O6. The van der Waals surface area contributed by atoms with Gasteiger partial charge >= 0.3 is 5.97 Å². The quantitative estimate of drug-likeness (QED) is 0.262. The second-order valence-corrected chi connectivity index (χ2v) is 5.22. The fraction of sp³-hybridized carbons (Fsp3) is 0.400. The number of carbonyl (C=O) groups is 3. The molecule has 0 fully saturated rings. The molecular weight excluding hydrogens is 332 g/mol. The van der Waals surface area contributed by atoms with Crippen LogP contribution in [-0.4, -0.2) is 46.9 Å². The minimum absolute atomic E-state index is 0.101. The lowest BCUT2D eigenvalue weighted by Gasteiger charge is -2.13. The zero-order chi connectivity index (χ0) is 18.8. The molecule has 10 heteroatoms. The summed E-state index contributed by atoms with van der Waals surface area (Å²) in [5.74, 6) is -2.06. The highest BCUT2D eigenvalue weighted by atomic mass is 16.6. The normalized spacial score (nSPS) is 11.4. The van der Waals surface area contributed by atoms with Gasteiger partial charge < -0.3 is 21.5 Å². The van der Waals surface area contributed by atoms with Crippen LogP contribution in [0.1, 0.15) is 29.6 Å². The standard InChI is InChI=1S/C15H20N4O6/c16-9-13(20)18-12(15(22)23)3-1-2-8-17-14(21)10-4-6-11(7-5-10)19(24)25/h4-7,12H,1-3,8-9,16H2,(H,17,21)(H,18,20)(H,22,23)/t12-/m1/s1. The van der Waals surface area contributed by atoms with Crippen LogP contribution in [0.4, 0.5) is 5.69 Å². The second-order valence-electron chi connectivity index (χ2n) is 5.22. The van der Waals surface area contributed by atoms with Gasteiger partial charge in [0.15, 0.2) is 0 Å². The van der Waals surface area contributed by atoms with E-state index >= 15 is 0 Å². The first-order valence-electron chi connectivity index (χ1n) is 7.60. The molecule has 2 amide bonds. The molecule has 5 N–H and O–H groups in total. The minimum Gasteiger partial charge on any atom is -0.480 e. The molecule has 0 spiro atoms. The van der Waals surface area contributed by atoms with Gasteiger partial charge in [-0.15, -0.1) is 0 Å². The average Bonchev–Trinajstić information content (AvgIpc) is 2.59. The van der Waals surface area contributed by atoms with Gasteiger partial charge in [0.25, 0.3) is 11.6 Å². The summed E-state index contributed by atoms with van der Waals surface area (Å²) in [6.45, 7) is 0.0298. The van der Waals surface area contributed by atoms with Crippen LogP contribution in [0.15, 0.2) is 24.3 Å². The van der Waals surface area contributed by atoms with Gasteiger partial charge in [-0.3, -0.25) is 19.7 Å². The predicted octanol–water partition coefficient (Wildman–Crippen LogP) is 0.0230. The van der Waals surface area contributed by atoms with Crippen molar-refractivity contribution in [3.63, 3.8) is 0 Å². The molecule has 136 valence electrons. The van der Waals surface area contributed by atoms with Gasteiger partial charge in [-0.1, -0.05) is 0 Å². The number of carboxylic acids is 1. The van der Waals surface area contributed by atoms with Gasteiger partial charge in [0.2, 0.25) is 5.91 Å². The highest BCUT2D eigenvalue weighted by molar-refractivity contribution is 5.94. The molecule has 0 bridgehead atoms. The van der Waals surface area contributed by atoms with Gasteiger partial charge in [-0.2, -0.15) is 0 Å². The monoisotopic (exact) mass is 352 g/mol. The van der Waals surface area contributed by atoms with Crippen LogP contribution in [0, 0.1) is 10.1 Å². The number of hydrogen-bond donors (Lipinski definition) is 4. The lowest BCUT2D eigenvalue weighted by atomic mass is 10.1. The van der Waals surface area contributed by atoms with Gasteiger partial charge in [0, 0.05) is 24.2 Å². The van der Waals surface area contributed by atoms with E-state index in [0.29, 0.717) is 24.9 Å². The zero-order valence-electron chi connectivity index (χ0n) is 13.4. The summed E-state index contributed by atoms with van der Waals surface area (Å²) in [5, 5.41) is 24.5. The number of aliphatic carboxylic acids is 1. The van der Waals surface area contributed by atoms with E-state index in [-0.39, 0.29) is 24.6 Å². The van der Waals surface area contributed by atoms with Crippen LogP contribution in [0.25, 0.3) is 0 Å². The van der Waals surface area contributed by atoms with E-state index in [4.69, 9.17) is 10.8 Å². The number of nitro benzene ring substituents is 1. The number of carbonyl (C=O) groups excluding carboxylic acids is 2. The number of non-ortho nitro benzene ring substituents is 1. The molecule has 0 aliphatic carbocycles. The summed E-state index contributed by atoms with van der Waals surface area (Å²) >= 11 is 0. The number of rotatable bonds is 10. The van der Waals surface area contributed by atoms with Crippen LogP contribution in [0.2, 0.25) is 0 Å². The minimum atomic E-state index is -1.14. The Morgan fingerprint density at radius 2 is 1.84 bits per heavy atom. The summed E-state index contributed by atoms with van der Waals surface area (Å²) in [4.78, 5) is 44.0. The maximum absolute atomic E-state index is 11.9. The van der Waals surface area contributed by atoms with Crippen LogP contribution >= 0.6 is 0 Å². The molecule has 0 heterocycles. The van der Waals surface area contributed by atoms with Crippen LogP contribution < -0.4 is 16.4 Å². The topological polar surface area (TPSA) is 165 Å². The molecule has 1 atom stereocenters. The molecule has 0 saturated heterocycles. The maximum atomic E-state index is 11.9. The van der Waals surface area contributed by atoms with Crippen molar-refractivity contribution >= 4 is 23.5 Å². The predicted molar refractivity (Wildman–Crippen MR) is 87.9 cm³/mol. The number of carboxylic acid groups (broad SMARTS) is 1. The van der Waals surface area contributed by atoms with Crippen molar-refractivity contribution < 1.29 is 24.4 Å². The molecule has 0 aliphatic rings. The zero-order valence-corrected chi connectivity index (χ0v) is 13.4. The average molecular weight is 352 g/mol. The summed E-state index contributed by atoms with van der Waals surface area (Å²) in [6.07, 6.45) is 1.21. The molecule has 1 aromatic carbocycles. The van der Waals surface area contributed by atoms with Gasteiger partial charge in [0.1, 0.15) is 6.04 Å². The summed E-state index contributed by atoms with van der Waals surface area (Å²) in [7, 11) is 0. The van der Waals surface area contributed by atoms with E-state index in [2.05, 4.69) is 10.6 Å². The third-order valence-corrected chi connectivity index (χ3v) is 3.36. The molecule has 1 rings (SSSR count). The molecule has 0 radical (unpaired) electrons. The third kappa shape index (κ3) is 6.96. The first kappa shape index (κ1) is 20.0. The van der Waals surface area contributed by atoms with E-state index < -0.39 is 22.8 Å². The summed E-state index contributed by atoms with van der Waals surface area (Å²) in [5.41, 5.74) is 5.32. The maximum Gasteiger partial charge on any atom is 0.326 e. The van der Waals surface area contributed by atoms with Crippen molar-refractivity contribution in [3.8, 4) is 0 Å². The summed E-state index contributed by atoms with van der Waals surface area (Å²) in [6, 6.07) is 4.19. The molecule has 1 aromatic rings. The fourth-order valence-electron chi connectivity index (χ4n) is 2.02. The number of nitrogens with zero attached hydrogens (tertiary/aromatic N) is 1. The van der Waals surface area contributed by atoms with Crippen molar-refractivity contribution in [2.45, 2.75) is 25.3 Å². The molecule has 0 aliphatic heterocycles. The molecule has 0 saturated carbocycles. The van der Waals surface area contributed by atoms with Gasteiger partial charge in [-0.25, -0.2) is 4.79 Å². The van der Waals surface area contributed by atoms with Crippen molar-refractivity contribution in [1.29, 1.82) is 0 Å². The number of nitrogens with two attached hydrogens (primary N) is 1. The Kier molecular flexibility index (Phi) is 8.00. The van der Waals surface area contributed by atoms with Crippen LogP contribution in [0.5, 0.6) is 0 Å². The largest absolute Gasteiger partial charge is 0.480 e. The number of unbranched alkanes of at least 4 members (excludes halogenated alkanes) is 1. The lowest BCUT2D eigenvalue weighted by Crippen LogP contribution is -2.43. The van der Waals surface area contributed by atoms with Crippen LogP contribution in [-0.2, 0) is 9.59 Å². The van der Waals surface area contributed by atoms with Crippen molar-refractivity contribution in [2.75, 3.05) is 13.1 Å².